The predicted octanol–water partition coefficient (Wildman–Crippen LogP) is 5.45. The first-order chi connectivity index (χ1) is 12.8. The van der Waals surface area contributed by atoms with Gasteiger partial charge < -0.3 is 0 Å². The van der Waals surface area contributed by atoms with Crippen LogP contribution < -0.4 is 0 Å². The van der Waals surface area contributed by atoms with Gasteiger partial charge in [-0.1, -0.05) is 60.4 Å². The summed E-state index contributed by atoms with van der Waals surface area (Å²) in [6, 6.07) is 21.3. The third kappa shape index (κ3) is 2.00. The van der Waals surface area contributed by atoms with E-state index in [0.29, 0.717) is 0 Å². The summed E-state index contributed by atoms with van der Waals surface area (Å²) in [6.07, 6.45) is 13.7. The van der Waals surface area contributed by atoms with Crippen LogP contribution in [0.5, 0.6) is 0 Å². The van der Waals surface area contributed by atoms with Crippen LogP contribution in [-0.4, -0.2) is 0 Å². The summed E-state index contributed by atoms with van der Waals surface area (Å²) < 4.78 is 0. The Morgan fingerprint density at radius 1 is 0.615 bits per heavy atom. The van der Waals surface area contributed by atoms with Crippen LogP contribution >= 0.6 is 0 Å². The molecule has 0 amide bonds. The van der Waals surface area contributed by atoms with E-state index in [4.69, 9.17) is 12.8 Å². The number of rotatable bonds is 0. The summed E-state index contributed by atoms with van der Waals surface area (Å²) in [5.74, 6) is 5.95. The Morgan fingerprint density at radius 2 is 1.04 bits per heavy atom. The lowest BCUT2D eigenvalue weighted by atomic mass is 9.78. The molecule has 0 nitrogen and oxygen atoms in total. The fraction of sp³-hybridized carbons (Fsp3) is 0.0769. The Labute approximate surface area is 153 Å². The quantitative estimate of drug-likeness (QED) is 0.262. The van der Waals surface area contributed by atoms with Crippen LogP contribution in [-0.2, 0) is 12.8 Å². The van der Waals surface area contributed by atoms with Crippen molar-refractivity contribution in [3.05, 3.63) is 94.0 Å². The molecule has 5 rings (SSSR count). The molecule has 0 heteroatoms. The van der Waals surface area contributed by atoms with Crippen LogP contribution in [0.25, 0.3) is 21.5 Å². The molecule has 0 fully saturated rings. The first-order valence-corrected chi connectivity index (χ1v) is 8.80. The van der Waals surface area contributed by atoms with Crippen LogP contribution in [0.3, 0.4) is 0 Å². The van der Waals surface area contributed by atoms with Crippen molar-refractivity contribution >= 4 is 21.5 Å². The van der Waals surface area contributed by atoms with Crippen molar-refractivity contribution in [1.82, 2.24) is 0 Å². The summed E-state index contributed by atoms with van der Waals surface area (Å²) >= 11 is 0. The predicted molar refractivity (Wildman–Crippen MR) is 109 cm³/mol. The smallest absolute Gasteiger partial charge is 0.0360 e. The molecule has 0 saturated heterocycles. The van der Waals surface area contributed by atoms with Crippen molar-refractivity contribution in [3.63, 3.8) is 0 Å². The number of terminal acetylenes is 2. The Hall–Kier alpha value is -3.48. The van der Waals surface area contributed by atoms with Crippen LogP contribution in [0.1, 0.15) is 33.4 Å². The minimum absolute atomic E-state index is 0.850. The van der Waals surface area contributed by atoms with Gasteiger partial charge in [-0.3, -0.25) is 0 Å². The fourth-order valence-electron chi connectivity index (χ4n) is 4.28. The Bertz CT molecular complexity index is 1190. The lowest BCUT2D eigenvalue weighted by Crippen LogP contribution is -2.12. The standard InChI is InChI=1S/C26H16/c1-3-21-23-13-17-9-5-7-11-19(17)15-25(23)22(4-2)26-16-20-12-8-6-10-18(20)14-24(21)26/h1-2,5-13,15H,14,16H2. The molecule has 4 aromatic rings. The second-order valence-corrected chi connectivity index (χ2v) is 6.86. The molecular weight excluding hydrogens is 312 g/mol. The van der Waals surface area contributed by atoms with Crippen molar-refractivity contribution < 1.29 is 0 Å². The van der Waals surface area contributed by atoms with Gasteiger partial charge in [0.05, 0.1) is 0 Å². The zero-order valence-corrected chi connectivity index (χ0v) is 14.3. The van der Waals surface area contributed by atoms with Crippen molar-refractivity contribution in [2.45, 2.75) is 12.8 Å². The minimum Gasteiger partial charge on any atom is -0.115 e. The van der Waals surface area contributed by atoms with Gasteiger partial charge in [0.2, 0.25) is 0 Å². The van der Waals surface area contributed by atoms with Gasteiger partial charge in [0, 0.05) is 11.1 Å². The van der Waals surface area contributed by atoms with Gasteiger partial charge in [0.25, 0.3) is 0 Å². The molecular formula is C26H16. The molecule has 1 aliphatic carbocycles. The van der Waals surface area contributed by atoms with E-state index in [1.165, 1.54) is 33.0 Å². The van der Waals surface area contributed by atoms with Crippen LogP contribution in [0.2, 0.25) is 0 Å². The van der Waals surface area contributed by atoms with Crippen LogP contribution in [0.4, 0.5) is 0 Å². The molecule has 0 saturated carbocycles. The first-order valence-electron chi connectivity index (χ1n) is 8.80. The van der Waals surface area contributed by atoms with Gasteiger partial charge in [0.1, 0.15) is 0 Å². The van der Waals surface area contributed by atoms with E-state index in [2.05, 4.69) is 72.5 Å². The summed E-state index contributed by atoms with van der Waals surface area (Å²) in [6.45, 7) is 0. The Balaban J connectivity index is 1.93. The summed E-state index contributed by atoms with van der Waals surface area (Å²) in [5.41, 5.74) is 7.13. The third-order valence-electron chi connectivity index (χ3n) is 5.53. The third-order valence-corrected chi connectivity index (χ3v) is 5.53. The van der Waals surface area contributed by atoms with Gasteiger partial charge in [-0.05, 0) is 68.8 Å². The number of benzene rings is 4. The zero-order chi connectivity index (χ0) is 17.7. The lowest BCUT2D eigenvalue weighted by Gasteiger charge is -2.24. The molecule has 26 heavy (non-hydrogen) atoms. The Morgan fingerprint density at radius 3 is 1.46 bits per heavy atom. The largest absolute Gasteiger partial charge is 0.115 e. The van der Waals surface area contributed by atoms with Crippen LogP contribution in [0.15, 0.2) is 60.7 Å². The average Bonchev–Trinajstić information content (AvgIpc) is 2.69. The van der Waals surface area contributed by atoms with Crippen molar-refractivity contribution in [2.24, 2.45) is 0 Å². The lowest BCUT2D eigenvalue weighted by molar-refractivity contribution is 0.998. The maximum atomic E-state index is 5.99. The molecule has 120 valence electrons. The van der Waals surface area contributed by atoms with E-state index in [9.17, 15) is 0 Å². The second-order valence-electron chi connectivity index (χ2n) is 6.86. The monoisotopic (exact) mass is 328 g/mol. The Kier molecular flexibility index (Phi) is 3.15. The summed E-state index contributed by atoms with van der Waals surface area (Å²) in [4.78, 5) is 0. The minimum atomic E-state index is 0.850. The van der Waals surface area contributed by atoms with E-state index in [-0.39, 0.29) is 0 Å². The van der Waals surface area contributed by atoms with E-state index in [1.807, 2.05) is 0 Å². The van der Waals surface area contributed by atoms with Gasteiger partial charge in [-0.2, -0.15) is 0 Å². The van der Waals surface area contributed by atoms with Gasteiger partial charge in [-0.15, -0.1) is 12.8 Å². The van der Waals surface area contributed by atoms with Crippen molar-refractivity contribution in [2.75, 3.05) is 0 Å². The topological polar surface area (TPSA) is 0 Å². The maximum absolute atomic E-state index is 5.99. The zero-order valence-electron chi connectivity index (χ0n) is 14.3. The highest BCUT2D eigenvalue weighted by Crippen LogP contribution is 2.38. The molecule has 0 radical (unpaired) electrons. The fourth-order valence-corrected chi connectivity index (χ4v) is 4.28. The molecule has 4 aromatic carbocycles. The highest BCUT2D eigenvalue weighted by molar-refractivity contribution is 6.04. The van der Waals surface area contributed by atoms with Gasteiger partial charge >= 0.3 is 0 Å². The molecule has 0 aliphatic heterocycles. The van der Waals surface area contributed by atoms with Gasteiger partial charge in [-0.25, -0.2) is 0 Å². The van der Waals surface area contributed by atoms with E-state index >= 15 is 0 Å². The first kappa shape index (κ1) is 14.8. The molecule has 0 atom stereocenters. The molecule has 0 bridgehead atoms. The number of hydrogen-bond donors (Lipinski definition) is 0. The van der Waals surface area contributed by atoms with Crippen LogP contribution in [0, 0.1) is 24.7 Å². The molecule has 0 heterocycles. The number of fused-ring (bicyclic) bond motifs is 4. The maximum Gasteiger partial charge on any atom is 0.0360 e. The van der Waals surface area contributed by atoms with Crippen molar-refractivity contribution in [3.8, 4) is 24.7 Å². The average molecular weight is 328 g/mol. The molecule has 0 unspecified atom stereocenters. The summed E-state index contributed by atoms with van der Waals surface area (Å²) in [7, 11) is 0. The van der Waals surface area contributed by atoms with E-state index < -0.39 is 0 Å². The van der Waals surface area contributed by atoms with E-state index in [0.717, 1.165) is 34.7 Å². The van der Waals surface area contributed by atoms with Gasteiger partial charge in [0.15, 0.2) is 0 Å². The van der Waals surface area contributed by atoms with E-state index in [1.54, 1.807) is 0 Å². The molecule has 0 N–H and O–H groups in total. The molecule has 1 aliphatic rings. The molecule has 0 spiro atoms. The normalized spacial score (nSPS) is 12.2. The summed E-state index contributed by atoms with van der Waals surface area (Å²) in [5, 5.41) is 4.57. The second kappa shape index (κ2) is 5.52. The number of hydrogen-bond acceptors (Lipinski definition) is 0. The molecule has 0 aromatic heterocycles. The highest BCUT2D eigenvalue weighted by Gasteiger charge is 2.23. The van der Waals surface area contributed by atoms with Crippen molar-refractivity contribution in [1.29, 1.82) is 0 Å². The highest BCUT2D eigenvalue weighted by atomic mass is 14.3. The SMILES string of the molecule is C#Cc1c2c(c(C#C)c3cc4ccccc4cc13)Cc1ccccc1C2.